The van der Waals surface area contributed by atoms with Crippen LogP contribution in [0.3, 0.4) is 0 Å². The van der Waals surface area contributed by atoms with Gasteiger partial charge in [-0.1, -0.05) is 0 Å². The molecule has 0 saturated carbocycles. The normalized spacial score (nSPS) is 13.1. The number of ether oxygens (including phenoxy) is 1. The number of carbonyl (C=O) groups excluding carboxylic acids is 1. The van der Waals surface area contributed by atoms with Gasteiger partial charge in [-0.05, 0) is 54.9 Å². The van der Waals surface area contributed by atoms with Crippen molar-refractivity contribution in [2.75, 3.05) is 4.31 Å². The molecule has 0 fully saturated rings. The van der Waals surface area contributed by atoms with E-state index >= 15 is 0 Å². The first-order chi connectivity index (χ1) is 13.7. The zero-order valence-electron chi connectivity index (χ0n) is 15.6. The van der Waals surface area contributed by atoms with Crippen LogP contribution in [-0.2, 0) is 16.0 Å². The quantitative estimate of drug-likeness (QED) is 0.416. The van der Waals surface area contributed by atoms with Crippen LogP contribution in [-0.4, -0.2) is 39.6 Å². The molecule has 1 aromatic carbocycles. The van der Waals surface area contributed by atoms with Crippen molar-refractivity contribution < 1.29 is 18.3 Å². The van der Waals surface area contributed by atoms with Crippen LogP contribution in [0, 0.1) is 0 Å². The van der Waals surface area contributed by atoms with Crippen LogP contribution >= 0.6 is 27.3 Å². The molecule has 0 bridgehead atoms. The molecule has 1 unspecified atom stereocenters. The molecule has 0 radical (unpaired) electrons. The first kappa shape index (κ1) is 20.0. The zero-order valence-corrected chi connectivity index (χ0v) is 18.8. The summed E-state index contributed by atoms with van der Waals surface area (Å²) < 4.78 is 32.1. The lowest BCUT2D eigenvalue weighted by molar-refractivity contribution is 0.0522. The molecule has 0 aliphatic rings. The van der Waals surface area contributed by atoms with E-state index in [9.17, 15) is 13.6 Å². The molecule has 29 heavy (non-hydrogen) atoms. The number of fused-ring (bicyclic) bond motifs is 2. The van der Waals surface area contributed by atoms with Crippen LogP contribution in [0.15, 0.2) is 40.6 Å². The summed E-state index contributed by atoms with van der Waals surface area (Å²) in [5.74, 6) is 0.418. The predicted molar refractivity (Wildman–Crippen MR) is 115 cm³/mol. The summed E-state index contributed by atoms with van der Waals surface area (Å²) in [6.07, 6.45) is 2.68. The van der Waals surface area contributed by atoms with Crippen molar-refractivity contribution in [1.29, 1.82) is 0 Å². The fraction of sp³-hybridized carbons (Fsp3) is 0.235. The summed E-state index contributed by atoms with van der Waals surface area (Å²) in [5.41, 5.74) is 0.315. The Bertz CT molecular complexity index is 1260. The van der Waals surface area contributed by atoms with Gasteiger partial charge in [-0.3, -0.25) is 8.95 Å². The highest BCUT2D eigenvalue weighted by Gasteiger charge is 2.25. The van der Waals surface area contributed by atoms with Gasteiger partial charge in [0.15, 0.2) is 15.4 Å². The number of halogens is 1. The number of imidazole rings is 1. The average Bonchev–Trinajstić information content (AvgIpc) is 3.29. The van der Waals surface area contributed by atoms with Gasteiger partial charge >= 0.3 is 6.09 Å². The van der Waals surface area contributed by atoms with Crippen LogP contribution < -0.4 is 4.31 Å². The molecule has 12 heteroatoms. The Labute approximate surface area is 180 Å². The molecule has 1 N–H and O–H groups in total. The van der Waals surface area contributed by atoms with Gasteiger partial charge in [0, 0.05) is 17.0 Å². The molecule has 0 saturated heterocycles. The molecular formula is C17H16BrN5O4S2. The maximum atomic E-state index is 12.4. The van der Waals surface area contributed by atoms with Crippen molar-refractivity contribution in [3.8, 4) is 0 Å². The first-order valence-corrected chi connectivity index (χ1v) is 11.1. The lowest BCUT2D eigenvalue weighted by atomic mass is 10.2. The van der Waals surface area contributed by atoms with Gasteiger partial charge in [-0.25, -0.2) is 18.3 Å². The smallest absolute Gasteiger partial charge is 0.435 e. The van der Waals surface area contributed by atoms with Crippen LogP contribution in [0.1, 0.15) is 20.8 Å². The van der Waals surface area contributed by atoms with E-state index in [1.54, 1.807) is 49.6 Å². The largest absolute Gasteiger partial charge is 0.442 e. The van der Waals surface area contributed by atoms with Crippen LogP contribution in [0.25, 0.3) is 15.9 Å². The van der Waals surface area contributed by atoms with Crippen molar-refractivity contribution in [1.82, 2.24) is 19.2 Å². The van der Waals surface area contributed by atoms with E-state index in [0.29, 0.717) is 32.0 Å². The number of rotatable bonds is 3. The molecule has 3 aromatic heterocycles. The number of hydrogen-bond acceptors (Lipinski definition) is 6. The number of anilines is 2. The second-order valence-electron chi connectivity index (χ2n) is 7.09. The second kappa shape index (κ2) is 7.20. The Morgan fingerprint density at radius 3 is 2.83 bits per heavy atom. The fourth-order valence-electron chi connectivity index (χ4n) is 2.81. The van der Waals surface area contributed by atoms with E-state index in [2.05, 4.69) is 26.0 Å². The van der Waals surface area contributed by atoms with Crippen molar-refractivity contribution in [3.63, 3.8) is 0 Å². The lowest BCUT2D eigenvalue weighted by Crippen LogP contribution is -2.27. The molecule has 1 atom stereocenters. The Hall–Kier alpha value is -2.28. The van der Waals surface area contributed by atoms with E-state index in [1.807, 2.05) is 5.38 Å². The third-order valence-electron chi connectivity index (χ3n) is 3.90. The van der Waals surface area contributed by atoms with Gasteiger partial charge in [0.05, 0.1) is 17.4 Å². The molecule has 0 aliphatic carbocycles. The topological polar surface area (TPSA) is 102 Å². The van der Waals surface area contributed by atoms with Gasteiger partial charge in [0.25, 0.3) is 11.3 Å². The number of thiazole rings is 1. The fourth-order valence-corrected chi connectivity index (χ4v) is 4.91. The van der Waals surface area contributed by atoms with Crippen molar-refractivity contribution in [3.05, 3.63) is 40.6 Å². The molecule has 0 amide bonds. The minimum absolute atomic E-state index is 0.418. The predicted octanol–water partition coefficient (Wildman–Crippen LogP) is 4.57. The highest BCUT2D eigenvalue weighted by Crippen LogP contribution is 2.36. The van der Waals surface area contributed by atoms with Crippen LogP contribution in [0.5, 0.6) is 0 Å². The second-order valence-corrected chi connectivity index (χ2v) is 9.54. The summed E-state index contributed by atoms with van der Waals surface area (Å²) in [7, 11) is 0. The van der Waals surface area contributed by atoms with Crippen LogP contribution in [0.4, 0.5) is 16.3 Å². The van der Waals surface area contributed by atoms with E-state index < -0.39 is 23.0 Å². The minimum Gasteiger partial charge on any atom is -0.442 e. The number of aromatic nitrogens is 4. The highest BCUT2D eigenvalue weighted by atomic mass is 79.9. The summed E-state index contributed by atoms with van der Waals surface area (Å²) in [5, 5.41) is 6.56. The van der Waals surface area contributed by atoms with Crippen molar-refractivity contribution in [2.45, 2.75) is 26.4 Å². The third kappa shape index (κ3) is 3.68. The van der Waals surface area contributed by atoms with E-state index in [4.69, 9.17) is 4.74 Å². The van der Waals surface area contributed by atoms with Crippen molar-refractivity contribution >= 4 is 72.0 Å². The minimum atomic E-state index is -2.36. The zero-order chi connectivity index (χ0) is 20.9. The SMILES string of the molecule is CC(C)(C)OC(=O)n1ncc2cc(N(c3c(Br)nc4sccn34)S(=O)O)ccc21. The van der Waals surface area contributed by atoms with Gasteiger partial charge < -0.3 is 4.74 Å². The maximum Gasteiger partial charge on any atom is 0.435 e. The van der Waals surface area contributed by atoms with Gasteiger partial charge in [-0.15, -0.1) is 11.3 Å². The van der Waals surface area contributed by atoms with E-state index in [0.717, 1.165) is 4.68 Å². The molecule has 0 aliphatic heterocycles. The number of hydrogen-bond donors (Lipinski definition) is 1. The molecular weight excluding hydrogens is 482 g/mol. The summed E-state index contributed by atoms with van der Waals surface area (Å²) in [6, 6.07) is 4.97. The summed E-state index contributed by atoms with van der Waals surface area (Å²) >= 11 is 2.41. The Balaban J connectivity index is 1.79. The lowest BCUT2D eigenvalue weighted by Gasteiger charge is -2.20. The standard InChI is InChI=1S/C17H16BrN5O4S2/c1-17(2,3)27-16(24)22-12-5-4-11(8-10(12)9-19-22)23(29(25)26)14-13(18)20-15-21(14)6-7-28-15/h4-9H,1-3H3,(H,25,26). The monoisotopic (exact) mass is 497 g/mol. The summed E-state index contributed by atoms with van der Waals surface area (Å²) in [6.45, 7) is 5.33. The molecule has 4 rings (SSSR count). The Morgan fingerprint density at radius 2 is 2.14 bits per heavy atom. The Kier molecular flexibility index (Phi) is 4.97. The number of carbonyl (C=O) groups is 1. The van der Waals surface area contributed by atoms with Crippen LogP contribution in [0.2, 0.25) is 0 Å². The molecule has 9 nitrogen and oxygen atoms in total. The third-order valence-corrected chi connectivity index (χ3v) is 5.88. The van der Waals surface area contributed by atoms with Crippen molar-refractivity contribution in [2.24, 2.45) is 0 Å². The van der Waals surface area contributed by atoms with E-state index in [1.165, 1.54) is 21.8 Å². The number of nitrogens with zero attached hydrogens (tertiary/aromatic N) is 5. The van der Waals surface area contributed by atoms with Gasteiger partial charge in [-0.2, -0.15) is 9.78 Å². The molecule has 3 heterocycles. The number of benzene rings is 1. The molecule has 152 valence electrons. The van der Waals surface area contributed by atoms with Gasteiger partial charge in [0.2, 0.25) is 0 Å². The van der Waals surface area contributed by atoms with Gasteiger partial charge in [0.1, 0.15) is 5.60 Å². The highest BCUT2D eigenvalue weighted by molar-refractivity contribution is 9.10. The summed E-state index contributed by atoms with van der Waals surface area (Å²) in [4.78, 5) is 17.4. The maximum absolute atomic E-state index is 12.4. The molecule has 4 aromatic rings. The van der Waals surface area contributed by atoms with E-state index in [-0.39, 0.29) is 0 Å². The first-order valence-electron chi connectivity index (χ1n) is 8.39. The Morgan fingerprint density at radius 1 is 1.38 bits per heavy atom. The molecule has 0 spiro atoms. The average molecular weight is 498 g/mol.